The Bertz CT molecular complexity index is 887. The lowest BCUT2D eigenvalue weighted by atomic mass is 10.0. The summed E-state index contributed by atoms with van der Waals surface area (Å²) in [5, 5.41) is 4.08. The summed E-state index contributed by atoms with van der Waals surface area (Å²) in [6.07, 6.45) is 3.55. The van der Waals surface area contributed by atoms with E-state index in [1.165, 1.54) is 5.56 Å². The predicted octanol–water partition coefficient (Wildman–Crippen LogP) is 2.68. The fraction of sp³-hybridized carbons (Fsp3) is 0.524. The summed E-state index contributed by atoms with van der Waals surface area (Å²) in [5.41, 5.74) is 2.11. The lowest BCUT2D eigenvalue weighted by Crippen LogP contribution is -2.69. The van der Waals surface area contributed by atoms with E-state index in [4.69, 9.17) is 4.42 Å². The zero-order valence-corrected chi connectivity index (χ0v) is 18.5. The summed E-state index contributed by atoms with van der Waals surface area (Å²) in [6.45, 7) is 4.77. The number of thioether (sulfide) groups is 1. The molecule has 4 rings (SSSR count). The Kier molecular flexibility index (Phi) is 7.14. The summed E-state index contributed by atoms with van der Waals surface area (Å²) < 4.78 is 6.01. The molecule has 0 saturated carbocycles. The van der Waals surface area contributed by atoms with Gasteiger partial charge in [0.1, 0.15) is 23.4 Å². The summed E-state index contributed by atoms with van der Waals surface area (Å²) >= 11 is 1.70. The second-order valence-electron chi connectivity index (χ2n) is 7.48. The molecular formula is C21H28ClN3O3S. The van der Waals surface area contributed by atoms with Crippen LogP contribution in [0.15, 0.2) is 28.7 Å². The number of halogens is 1. The van der Waals surface area contributed by atoms with Gasteiger partial charge in [0.25, 0.3) is 0 Å². The van der Waals surface area contributed by atoms with Gasteiger partial charge < -0.3 is 14.6 Å². The molecule has 0 spiro atoms. The summed E-state index contributed by atoms with van der Waals surface area (Å²) in [4.78, 5) is 29.5. The maximum Gasteiger partial charge on any atom is 0.245 e. The Morgan fingerprint density at radius 3 is 2.79 bits per heavy atom. The molecule has 1 N–H and O–H groups in total. The Balaban J connectivity index is 0.00000240. The van der Waals surface area contributed by atoms with Crippen LogP contribution in [0.25, 0.3) is 11.0 Å². The largest absolute Gasteiger partial charge is 0.461 e. The Hall–Kier alpha value is -1.70. The zero-order chi connectivity index (χ0) is 19.7. The number of benzene rings is 1. The Labute approximate surface area is 181 Å². The number of hydrogen-bond donors (Lipinski definition) is 1. The van der Waals surface area contributed by atoms with Crippen molar-refractivity contribution in [3.8, 4) is 0 Å². The molecule has 1 aromatic heterocycles. The number of piperazine rings is 2. The number of rotatable bonds is 6. The second-order valence-corrected chi connectivity index (χ2v) is 8.46. The van der Waals surface area contributed by atoms with Crippen LogP contribution in [-0.4, -0.2) is 65.3 Å². The van der Waals surface area contributed by atoms with E-state index in [2.05, 4.69) is 23.2 Å². The third-order valence-electron chi connectivity index (χ3n) is 5.76. The maximum absolute atomic E-state index is 12.8. The molecule has 0 radical (unpaired) electrons. The highest BCUT2D eigenvalue weighted by molar-refractivity contribution is 7.98. The SMILES string of the molecule is CCc1oc2ccccc2c1CN1CCN2C(=O)C(CCSC)NC(=O)C2C1.Cl. The molecular weight excluding hydrogens is 410 g/mol. The van der Waals surface area contributed by atoms with Crippen LogP contribution in [-0.2, 0) is 22.6 Å². The minimum absolute atomic E-state index is 0. The molecule has 1 aromatic carbocycles. The molecule has 3 heterocycles. The molecule has 2 amide bonds. The van der Waals surface area contributed by atoms with Crippen molar-refractivity contribution < 1.29 is 14.0 Å². The summed E-state index contributed by atoms with van der Waals surface area (Å²) in [7, 11) is 0. The highest BCUT2D eigenvalue weighted by Crippen LogP contribution is 2.29. The van der Waals surface area contributed by atoms with E-state index in [0.29, 0.717) is 19.5 Å². The van der Waals surface area contributed by atoms with Crippen molar-refractivity contribution >= 4 is 47.0 Å². The van der Waals surface area contributed by atoms with Gasteiger partial charge in [-0.3, -0.25) is 14.5 Å². The minimum Gasteiger partial charge on any atom is -0.461 e. The molecule has 2 atom stereocenters. The first-order valence-electron chi connectivity index (χ1n) is 9.93. The Morgan fingerprint density at radius 1 is 1.24 bits per heavy atom. The number of hydrogen-bond acceptors (Lipinski definition) is 5. The van der Waals surface area contributed by atoms with Gasteiger partial charge in [-0.1, -0.05) is 25.1 Å². The first-order valence-corrected chi connectivity index (χ1v) is 11.3. The molecule has 2 aromatic rings. The Morgan fingerprint density at radius 2 is 2.03 bits per heavy atom. The quantitative estimate of drug-likeness (QED) is 0.752. The van der Waals surface area contributed by atoms with E-state index >= 15 is 0 Å². The average Bonchev–Trinajstić information content (AvgIpc) is 3.07. The van der Waals surface area contributed by atoms with Gasteiger partial charge in [0, 0.05) is 43.5 Å². The highest BCUT2D eigenvalue weighted by atomic mass is 35.5. The molecule has 6 nitrogen and oxygen atoms in total. The van der Waals surface area contributed by atoms with Crippen molar-refractivity contribution in [3.63, 3.8) is 0 Å². The van der Waals surface area contributed by atoms with Gasteiger partial charge >= 0.3 is 0 Å². The fourth-order valence-corrected chi connectivity index (χ4v) is 4.74. The maximum atomic E-state index is 12.8. The highest BCUT2D eigenvalue weighted by Gasteiger charge is 2.43. The number of fused-ring (bicyclic) bond motifs is 2. The van der Waals surface area contributed by atoms with Crippen molar-refractivity contribution in [2.45, 2.75) is 38.4 Å². The number of amides is 2. The van der Waals surface area contributed by atoms with E-state index in [1.807, 2.05) is 24.5 Å². The number of furan rings is 1. The zero-order valence-electron chi connectivity index (χ0n) is 16.8. The molecule has 0 aliphatic carbocycles. The van der Waals surface area contributed by atoms with E-state index in [1.54, 1.807) is 16.7 Å². The first kappa shape index (κ1) is 22.0. The van der Waals surface area contributed by atoms with Crippen molar-refractivity contribution in [1.82, 2.24) is 15.1 Å². The van der Waals surface area contributed by atoms with Crippen LogP contribution in [0.4, 0.5) is 0 Å². The third kappa shape index (κ3) is 4.27. The van der Waals surface area contributed by atoms with E-state index in [0.717, 1.165) is 42.0 Å². The molecule has 2 aliphatic rings. The number of para-hydroxylation sites is 1. The summed E-state index contributed by atoms with van der Waals surface area (Å²) in [5.74, 6) is 1.92. The molecule has 2 saturated heterocycles. The van der Waals surface area contributed by atoms with Crippen molar-refractivity contribution in [2.75, 3.05) is 31.6 Å². The van der Waals surface area contributed by atoms with Gasteiger partial charge in [0.15, 0.2) is 0 Å². The van der Waals surface area contributed by atoms with Gasteiger partial charge in [-0.25, -0.2) is 0 Å². The first-order chi connectivity index (χ1) is 13.6. The molecule has 2 aliphatic heterocycles. The van der Waals surface area contributed by atoms with Crippen LogP contribution in [0.3, 0.4) is 0 Å². The lowest BCUT2D eigenvalue weighted by Gasteiger charge is -2.45. The molecule has 2 fully saturated rings. The number of nitrogens with zero attached hydrogens (tertiary/aromatic N) is 2. The molecule has 0 bridgehead atoms. The number of aryl methyl sites for hydroxylation is 1. The minimum atomic E-state index is -0.393. The molecule has 2 unspecified atom stereocenters. The normalized spacial score (nSPS) is 22.3. The van der Waals surface area contributed by atoms with Crippen LogP contribution in [0.2, 0.25) is 0 Å². The van der Waals surface area contributed by atoms with E-state index in [-0.39, 0.29) is 30.3 Å². The van der Waals surface area contributed by atoms with Gasteiger partial charge in [-0.05, 0) is 24.5 Å². The predicted molar refractivity (Wildman–Crippen MR) is 119 cm³/mol. The van der Waals surface area contributed by atoms with Crippen LogP contribution in [0.5, 0.6) is 0 Å². The van der Waals surface area contributed by atoms with Crippen LogP contribution >= 0.6 is 24.2 Å². The second kappa shape index (κ2) is 9.41. The third-order valence-corrected chi connectivity index (χ3v) is 6.40. The number of nitrogens with one attached hydrogen (secondary N) is 1. The van der Waals surface area contributed by atoms with Crippen LogP contribution < -0.4 is 5.32 Å². The van der Waals surface area contributed by atoms with Crippen LogP contribution in [0, 0.1) is 0 Å². The van der Waals surface area contributed by atoms with Gasteiger partial charge in [0.05, 0.1) is 0 Å². The summed E-state index contributed by atoms with van der Waals surface area (Å²) in [6, 6.07) is 7.34. The van der Waals surface area contributed by atoms with Gasteiger partial charge in [-0.2, -0.15) is 11.8 Å². The monoisotopic (exact) mass is 437 g/mol. The van der Waals surface area contributed by atoms with E-state index in [9.17, 15) is 9.59 Å². The van der Waals surface area contributed by atoms with E-state index < -0.39 is 6.04 Å². The van der Waals surface area contributed by atoms with Crippen molar-refractivity contribution in [1.29, 1.82) is 0 Å². The molecule has 29 heavy (non-hydrogen) atoms. The fourth-order valence-electron chi connectivity index (χ4n) is 4.26. The molecule has 158 valence electrons. The van der Waals surface area contributed by atoms with Gasteiger partial charge in [0.2, 0.25) is 11.8 Å². The molecule has 8 heteroatoms. The number of carbonyl (C=O) groups is 2. The topological polar surface area (TPSA) is 65.8 Å². The van der Waals surface area contributed by atoms with Gasteiger partial charge in [-0.15, -0.1) is 12.4 Å². The van der Waals surface area contributed by atoms with Crippen molar-refractivity contribution in [2.24, 2.45) is 0 Å². The number of carbonyl (C=O) groups excluding carboxylic acids is 2. The average molecular weight is 438 g/mol. The smallest absolute Gasteiger partial charge is 0.245 e. The standard InChI is InChI=1S/C21H27N3O3S.ClH/c1-3-18-15(14-6-4-5-7-19(14)27-18)12-23-9-10-24-17(13-23)20(25)22-16(21(24)26)8-11-28-2;/h4-7,16-17H,3,8-13H2,1-2H3,(H,22,25);1H. The lowest BCUT2D eigenvalue weighted by molar-refractivity contribution is -0.153. The van der Waals surface area contributed by atoms with Crippen LogP contribution in [0.1, 0.15) is 24.7 Å². The van der Waals surface area contributed by atoms with Crippen molar-refractivity contribution in [3.05, 3.63) is 35.6 Å².